The van der Waals surface area contributed by atoms with Crippen molar-refractivity contribution in [2.24, 2.45) is 11.8 Å². The molecule has 2 fully saturated rings. The van der Waals surface area contributed by atoms with Crippen molar-refractivity contribution in [2.45, 2.75) is 61.0 Å². The Morgan fingerprint density at radius 1 is 1.18 bits per heavy atom. The quantitative estimate of drug-likeness (QED) is 0.107. The van der Waals surface area contributed by atoms with E-state index >= 15 is 0 Å². The van der Waals surface area contributed by atoms with Crippen LogP contribution in [0.4, 0.5) is 0 Å². The number of aromatic nitrogens is 2. The summed E-state index contributed by atoms with van der Waals surface area (Å²) in [7, 11) is 4.66. The lowest BCUT2D eigenvalue weighted by Gasteiger charge is -2.26. The lowest BCUT2D eigenvalue weighted by molar-refractivity contribution is -0.149. The maximum absolute atomic E-state index is 13.6. The van der Waals surface area contributed by atoms with E-state index in [2.05, 4.69) is 44.5 Å². The molecule has 38 heavy (non-hydrogen) atoms. The van der Waals surface area contributed by atoms with Crippen LogP contribution in [0.3, 0.4) is 0 Å². The number of esters is 1. The zero-order valence-electron chi connectivity index (χ0n) is 22.4. The summed E-state index contributed by atoms with van der Waals surface area (Å²) in [5.41, 5.74) is -1.05. The topological polar surface area (TPSA) is 129 Å². The molecule has 1 aromatic rings. The van der Waals surface area contributed by atoms with Crippen LogP contribution in [0.2, 0.25) is 0 Å². The molecule has 0 spiro atoms. The highest BCUT2D eigenvalue weighted by molar-refractivity contribution is 14.1. The normalized spacial score (nSPS) is 25.7. The summed E-state index contributed by atoms with van der Waals surface area (Å²) >= 11 is 2.14. The van der Waals surface area contributed by atoms with Crippen LogP contribution in [0.5, 0.6) is 17.8 Å². The minimum absolute atomic E-state index is 0.0702. The van der Waals surface area contributed by atoms with E-state index in [1.165, 1.54) is 20.3 Å². The number of unbranched alkanes of at least 4 members (excludes halogenated alkanes) is 2. The number of amides is 2. The van der Waals surface area contributed by atoms with E-state index in [1.54, 1.807) is 18.9 Å². The molecule has 210 valence electrons. The number of carbonyl (C=O) groups excluding carboxylic acids is 3. The van der Waals surface area contributed by atoms with Gasteiger partial charge in [-0.15, -0.1) is 6.58 Å². The zero-order chi connectivity index (χ0) is 27.9. The minimum atomic E-state index is -1.05. The van der Waals surface area contributed by atoms with Gasteiger partial charge in [0, 0.05) is 17.5 Å². The second-order valence-corrected chi connectivity index (χ2v) is 11.1. The van der Waals surface area contributed by atoms with Crippen LogP contribution in [0.1, 0.15) is 45.4 Å². The Bertz CT molecular complexity index is 1000. The SMILES string of the molecule is C=CCCCCN(C)C(=O)[C@@H]1C[C@H](Oc2cc(OC)nc(OC)n2)C[C@H]1C(=O)N[C@]1(C(=O)OCC)C[C@H]1I. The average molecular weight is 645 g/mol. The number of alkyl halides is 1. The van der Waals surface area contributed by atoms with Gasteiger partial charge in [0.05, 0.1) is 38.7 Å². The van der Waals surface area contributed by atoms with Gasteiger partial charge in [0.25, 0.3) is 0 Å². The largest absolute Gasteiger partial charge is 0.481 e. The summed E-state index contributed by atoms with van der Waals surface area (Å²) < 4.78 is 21.6. The van der Waals surface area contributed by atoms with Gasteiger partial charge in [-0.25, -0.2) is 4.79 Å². The summed E-state index contributed by atoms with van der Waals surface area (Å²) in [6.45, 7) is 6.27. The third kappa shape index (κ3) is 7.06. The molecule has 3 rings (SSSR count). The van der Waals surface area contributed by atoms with Gasteiger partial charge in [0.2, 0.25) is 23.6 Å². The third-order valence-electron chi connectivity index (χ3n) is 6.90. The number of halogens is 1. The van der Waals surface area contributed by atoms with Gasteiger partial charge in [-0.1, -0.05) is 28.7 Å². The van der Waals surface area contributed by atoms with E-state index in [-0.39, 0.29) is 46.5 Å². The summed E-state index contributed by atoms with van der Waals surface area (Å²) in [6.07, 6.45) is 5.13. The fourth-order valence-corrected chi connectivity index (χ4v) is 5.78. The molecular weight excluding hydrogens is 607 g/mol. The highest BCUT2D eigenvalue weighted by Crippen LogP contribution is 2.45. The fourth-order valence-electron chi connectivity index (χ4n) is 4.68. The van der Waals surface area contributed by atoms with Gasteiger partial charge in [-0.05, 0) is 45.4 Å². The van der Waals surface area contributed by atoms with E-state index in [9.17, 15) is 14.4 Å². The molecule has 5 atom stereocenters. The number of hydrogen-bond donors (Lipinski definition) is 1. The van der Waals surface area contributed by atoms with Crippen LogP contribution in [0.25, 0.3) is 0 Å². The summed E-state index contributed by atoms with van der Waals surface area (Å²) in [5.74, 6) is -1.71. The van der Waals surface area contributed by atoms with Crippen LogP contribution in [-0.4, -0.2) is 82.6 Å². The monoisotopic (exact) mass is 644 g/mol. The Balaban J connectivity index is 1.78. The molecule has 12 heteroatoms. The van der Waals surface area contributed by atoms with Gasteiger partial charge in [-0.3, -0.25) is 9.59 Å². The van der Waals surface area contributed by atoms with Crippen molar-refractivity contribution >= 4 is 40.4 Å². The first-order valence-corrected chi connectivity index (χ1v) is 14.1. The molecule has 0 bridgehead atoms. The maximum Gasteiger partial charge on any atom is 0.332 e. The third-order valence-corrected chi connectivity index (χ3v) is 8.40. The highest BCUT2D eigenvalue weighted by atomic mass is 127. The average Bonchev–Trinajstić information content (AvgIpc) is 3.36. The van der Waals surface area contributed by atoms with Crippen molar-refractivity contribution in [2.75, 3.05) is 34.4 Å². The Morgan fingerprint density at radius 3 is 2.47 bits per heavy atom. The maximum atomic E-state index is 13.6. The zero-order valence-corrected chi connectivity index (χ0v) is 24.6. The van der Waals surface area contributed by atoms with E-state index in [1.807, 2.05) is 6.08 Å². The summed E-state index contributed by atoms with van der Waals surface area (Å²) in [5, 5.41) is 2.92. The number of nitrogens with zero attached hydrogens (tertiary/aromatic N) is 3. The predicted molar refractivity (Wildman–Crippen MR) is 147 cm³/mol. The lowest BCUT2D eigenvalue weighted by atomic mass is 9.93. The molecule has 2 aliphatic rings. The minimum Gasteiger partial charge on any atom is -0.481 e. The summed E-state index contributed by atoms with van der Waals surface area (Å²) in [4.78, 5) is 49.7. The van der Waals surface area contributed by atoms with E-state index < -0.39 is 29.4 Å². The molecule has 11 nitrogen and oxygen atoms in total. The van der Waals surface area contributed by atoms with Crippen molar-refractivity contribution in [3.63, 3.8) is 0 Å². The number of nitrogens with one attached hydrogen (secondary N) is 1. The first kappa shape index (κ1) is 29.9. The van der Waals surface area contributed by atoms with Gasteiger partial charge in [0.1, 0.15) is 6.10 Å². The van der Waals surface area contributed by atoms with E-state index in [4.69, 9.17) is 18.9 Å². The van der Waals surface area contributed by atoms with Crippen molar-refractivity contribution in [1.82, 2.24) is 20.2 Å². The molecule has 2 saturated carbocycles. The Morgan fingerprint density at radius 2 is 1.87 bits per heavy atom. The second kappa shape index (κ2) is 13.4. The molecular formula is C26H37IN4O7. The summed E-state index contributed by atoms with van der Waals surface area (Å²) in [6, 6.07) is 1.61. The van der Waals surface area contributed by atoms with Crippen LogP contribution in [0, 0.1) is 11.8 Å². The van der Waals surface area contributed by atoms with Crippen LogP contribution < -0.4 is 19.5 Å². The smallest absolute Gasteiger partial charge is 0.332 e. The molecule has 0 unspecified atom stereocenters. The fraction of sp³-hybridized carbons (Fsp3) is 0.654. The number of carbonyl (C=O) groups is 3. The molecule has 1 N–H and O–H groups in total. The first-order valence-electron chi connectivity index (χ1n) is 12.8. The Hall–Kier alpha value is -2.64. The van der Waals surface area contributed by atoms with Crippen molar-refractivity contribution in [1.29, 1.82) is 0 Å². The molecule has 0 saturated heterocycles. The van der Waals surface area contributed by atoms with Crippen LogP contribution >= 0.6 is 22.6 Å². The standard InChI is InChI=1S/C26H37IN4O7/c1-6-8-9-10-11-31(3)23(33)18-13-16(38-21-14-20(35-4)28-25(29-21)36-5)12-17(18)22(32)30-26(15-19(26)27)24(34)37-7-2/h6,14,16-19H,1,7-13,15H2,2-5H3,(H,30,32)/t16-,17-,18-,19-,26-/m1/s1. The second-order valence-electron chi connectivity index (χ2n) is 9.56. The van der Waals surface area contributed by atoms with Gasteiger partial charge in [0.15, 0.2) is 5.54 Å². The molecule has 2 amide bonds. The van der Waals surface area contributed by atoms with Gasteiger partial charge in [-0.2, -0.15) is 9.97 Å². The molecule has 1 heterocycles. The predicted octanol–water partition coefficient (Wildman–Crippen LogP) is 2.71. The van der Waals surface area contributed by atoms with Gasteiger partial charge >= 0.3 is 12.0 Å². The van der Waals surface area contributed by atoms with Crippen molar-refractivity contribution in [3.05, 3.63) is 18.7 Å². The highest BCUT2D eigenvalue weighted by Gasteiger charge is 2.62. The van der Waals surface area contributed by atoms with Gasteiger partial charge < -0.3 is 29.2 Å². The molecule has 2 aliphatic carbocycles. The first-order chi connectivity index (χ1) is 18.2. The number of allylic oxidation sites excluding steroid dienone is 1. The number of rotatable bonds is 14. The van der Waals surface area contributed by atoms with Crippen molar-refractivity contribution in [3.8, 4) is 17.8 Å². The van der Waals surface area contributed by atoms with Crippen LogP contribution in [0.15, 0.2) is 18.7 Å². The molecule has 1 aromatic heterocycles. The Labute approximate surface area is 237 Å². The Kier molecular flexibility index (Phi) is 10.6. The molecule has 0 aliphatic heterocycles. The number of hydrogen-bond acceptors (Lipinski definition) is 9. The molecule has 0 radical (unpaired) electrons. The number of methoxy groups -OCH3 is 2. The lowest BCUT2D eigenvalue weighted by Crippen LogP contribution is -2.50. The van der Waals surface area contributed by atoms with E-state index in [0.717, 1.165) is 19.3 Å². The molecule has 0 aromatic carbocycles. The van der Waals surface area contributed by atoms with Crippen LogP contribution in [-0.2, 0) is 19.1 Å². The van der Waals surface area contributed by atoms with E-state index in [0.29, 0.717) is 19.4 Å². The number of ether oxygens (including phenoxy) is 4. The van der Waals surface area contributed by atoms with Crippen molar-refractivity contribution < 1.29 is 33.3 Å².